The lowest BCUT2D eigenvalue weighted by molar-refractivity contribution is 0.213. The van der Waals surface area contributed by atoms with Crippen LogP contribution in [0.25, 0.3) is 0 Å². The highest BCUT2D eigenvalue weighted by Crippen LogP contribution is 2.40. The third kappa shape index (κ3) is 8.97. The van der Waals surface area contributed by atoms with Crippen LogP contribution in [0.5, 0.6) is 11.5 Å². The number of nitrogens with one attached hydrogen (secondary N) is 2. The average Bonchev–Trinajstić information content (AvgIpc) is 3.02. The van der Waals surface area contributed by atoms with Crippen LogP contribution in [0.4, 0.5) is 21.0 Å². The van der Waals surface area contributed by atoms with Crippen LogP contribution in [0.3, 0.4) is 0 Å². The minimum absolute atomic E-state index is 0.00819. The number of hydrogen-bond acceptors (Lipinski definition) is 4. The van der Waals surface area contributed by atoms with Crippen molar-refractivity contribution in [3.63, 3.8) is 0 Å². The summed E-state index contributed by atoms with van der Waals surface area (Å²) in [6.45, 7) is 28.1. The fourth-order valence-electron chi connectivity index (χ4n) is 5.24. The molecule has 3 aromatic rings. The average molecular weight is 643 g/mol. The lowest BCUT2D eigenvalue weighted by Gasteiger charge is -2.30. The standard InChI is InChI=1S/C41H58N2O4/c1-14-38(6,7)28-19-22-34(31(24-28)40(10,11)16-3)46-36(44)42-30-21-18-27(5)33(26-30)43-37(45)47-35-23-20-29(39(8,9)15-2)25-32(35)41(12,13)17-4/h18-26H,14-17H2,1-13H3,(H,42,44)(H,43,45). The second-order valence-corrected chi connectivity index (χ2v) is 15.4. The maximum Gasteiger partial charge on any atom is 0.417 e. The zero-order valence-electron chi connectivity index (χ0n) is 31.2. The molecule has 2 amide bonds. The van der Waals surface area contributed by atoms with Crippen molar-refractivity contribution in [1.82, 2.24) is 0 Å². The molecule has 6 heteroatoms. The van der Waals surface area contributed by atoms with Gasteiger partial charge in [-0.2, -0.15) is 0 Å². The maximum absolute atomic E-state index is 13.2. The highest BCUT2D eigenvalue weighted by Gasteiger charge is 2.29. The summed E-state index contributed by atoms with van der Waals surface area (Å²) in [6.07, 6.45) is 2.59. The van der Waals surface area contributed by atoms with E-state index in [2.05, 4.69) is 106 Å². The number of hydrogen-bond donors (Lipinski definition) is 2. The molecule has 0 saturated heterocycles. The molecule has 0 heterocycles. The van der Waals surface area contributed by atoms with Gasteiger partial charge in [-0.05, 0) is 95.2 Å². The Labute approximate surface area is 284 Å². The monoisotopic (exact) mass is 642 g/mol. The number of aryl methyl sites for hydroxylation is 1. The Kier molecular flexibility index (Phi) is 11.6. The molecule has 0 aliphatic rings. The summed E-state index contributed by atoms with van der Waals surface area (Å²) in [7, 11) is 0. The molecule has 3 aromatic carbocycles. The lowest BCUT2D eigenvalue weighted by Crippen LogP contribution is -2.24. The van der Waals surface area contributed by atoms with Crippen molar-refractivity contribution in [3.05, 3.63) is 82.4 Å². The van der Waals surface area contributed by atoms with Gasteiger partial charge in [0.15, 0.2) is 0 Å². The number of amides is 2. The fourth-order valence-corrected chi connectivity index (χ4v) is 5.24. The highest BCUT2D eigenvalue weighted by atomic mass is 16.6. The molecule has 0 atom stereocenters. The molecule has 0 radical (unpaired) electrons. The fraction of sp³-hybridized carbons (Fsp3) is 0.512. The molecular weight excluding hydrogens is 584 g/mol. The number of carbonyl (C=O) groups is 2. The van der Waals surface area contributed by atoms with Gasteiger partial charge in [-0.3, -0.25) is 10.6 Å². The van der Waals surface area contributed by atoms with E-state index < -0.39 is 12.2 Å². The van der Waals surface area contributed by atoms with Gasteiger partial charge in [0.2, 0.25) is 0 Å². The van der Waals surface area contributed by atoms with Crippen LogP contribution in [0.1, 0.15) is 137 Å². The molecule has 0 aliphatic carbocycles. The molecule has 0 saturated carbocycles. The van der Waals surface area contributed by atoms with E-state index in [1.807, 2.05) is 37.3 Å². The van der Waals surface area contributed by atoms with Gasteiger partial charge in [0.1, 0.15) is 11.5 Å². The second kappa shape index (κ2) is 14.5. The molecule has 3 rings (SSSR count). The van der Waals surface area contributed by atoms with Gasteiger partial charge in [0, 0.05) is 22.5 Å². The summed E-state index contributed by atoms with van der Waals surface area (Å²) in [6, 6.07) is 17.6. The molecule has 0 spiro atoms. The first-order valence-electron chi connectivity index (χ1n) is 17.2. The number of ether oxygens (including phenoxy) is 2. The van der Waals surface area contributed by atoms with E-state index in [0.29, 0.717) is 22.9 Å². The van der Waals surface area contributed by atoms with E-state index in [-0.39, 0.29) is 21.7 Å². The Morgan fingerprint density at radius 1 is 0.553 bits per heavy atom. The summed E-state index contributed by atoms with van der Waals surface area (Å²) < 4.78 is 11.8. The predicted octanol–water partition coefficient (Wildman–Crippen LogP) is 12.0. The zero-order valence-corrected chi connectivity index (χ0v) is 31.2. The largest absolute Gasteiger partial charge is 0.417 e. The normalized spacial score (nSPS) is 12.4. The molecule has 0 unspecified atom stereocenters. The number of carbonyl (C=O) groups excluding carboxylic acids is 2. The van der Waals surface area contributed by atoms with Gasteiger partial charge >= 0.3 is 12.2 Å². The quantitative estimate of drug-likeness (QED) is 0.206. The zero-order chi connectivity index (χ0) is 35.4. The molecule has 0 aromatic heterocycles. The Hall–Kier alpha value is -3.80. The summed E-state index contributed by atoms with van der Waals surface area (Å²) >= 11 is 0. The van der Waals surface area contributed by atoms with E-state index in [9.17, 15) is 9.59 Å². The highest BCUT2D eigenvalue weighted by molar-refractivity contribution is 5.91. The first-order valence-corrected chi connectivity index (χ1v) is 17.2. The molecule has 0 aliphatic heterocycles. The second-order valence-electron chi connectivity index (χ2n) is 15.4. The minimum atomic E-state index is -0.598. The van der Waals surface area contributed by atoms with Gasteiger partial charge in [-0.15, -0.1) is 0 Å². The Morgan fingerprint density at radius 2 is 0.957 bits per heavy atom. The van der Waals surface area contributed by atoms with Crippen molar-refractivity contribution >= 4 is 23.6 Å². The Morgan fingerprint density at radius 3 is 1.36 bits per heavy atom. The third-order valence-electron chi connectivity index (χ3n) is 10.6. The van der Waals surface area contributed by atoms with Gasteiger partial charge in [-0.1, -0.05) is 113 Å². The summed E-state index contributed by atoms with van der Waals surface area (Å²) in [5.74, 6) is 1.08. The van der Waals surface area contributed by atoms with Gasteiger partial charge < -0.3 is 9.47 Å². The minimum Gasteiger partial charge on any atom is -0.410 e. The predicted molar refractivity (Wildman–Crippen MR) is 197 cm³/mol. The first kappa shape index (κ1) is 37.7. The van der Waals surface area contributed by atoms with E-state index >= 15 is 0 Å². The van der Waals surface area contributed by atoms with E-state index in [1.54, 1.807) is 12.1 Å². The van der Waals surface area contributed by atoms with Crippen molar-refractivity contribution in [3.8, 4) is 11.5 Å². The van der Waals surface area contributed by atoms with Crippen molar-refractivity contribution in [2.45, 2.75) is 137 Å². The summed E-state index contributed by atoms with van der Waals surface area (Å²) in [4.78, 5) is 26.4. The van der Waals surface area contributed by atoms with E-state index in [0.717, 1.165) is 42.4 Å². The van der Waals surface area contributed by atoms with Gasteiger partial charge in [0.25, 0.3) is 0 Å². The Balaban J connectivity index is 1.82. The van der Waals surface area contributed by atoms with Gasteiger partial charge in [0.05, 0.1) is 0 Å². The van der Waals surface area contributed by atoms with Crippen LogP contribution in [0, 0.1) is 6.92 Å². The number of rotatable bonds is 12. The van der Waals surface area contributed by atoms with Crippen molar-refractivity contribution < 1.29 is 19.1 Å². The van der Waals surface area contributed by atoms with Crippen LogP contribution >= 0.6 is 0 Å². The van der Waals surface area contributed by atoms with Crippen molar-refractivity contribution in [2.75, 3.05) is 10.6 Å². The van der Waals surface area contributed by atoms with E-state index in [4.69, 9.17) is 9.47 Å². The molecule has 256 valence electrons. The summed E-state index contributed by atoms with van der Waals surface area (Å²) in [5.41, 5.74) is 5.94. The molecule has 0 fully saturated rings. The maximum atomic E-state index is 13.2. The molecular formula is C41H58N2O4. The SMILES string of the molecule is CCC(C)(C)c1ccc(OC(=O)Nc2ccc(C)c(NC(=O)Oc3ccc(C(C)(C)CC)cc3C(C)(C)CC)c2)c(C(C)(C)CC)c1. The van der Waals surface area contributed by atoms with Crippen LogP contribution < -0.4 is 20.1 Å². The summed E-state index contributed by atoms with van der Waals surface area (Å²) in [5, 5.41) is 5.73. The van der Waals surface area contributed by atoms with Crippen LogP contribution in [0.15, 0.2) is 54.6 Å². The Bertz CT molecular complexity index is 1580. The smallest absolute Gasteiger partial charge is 0.410 e. The number of benzene rings is 3. The molecule has 0 bridgehead atoms. The molecule has 2 N–H and O–H groups in total. The lowest BCUT2D eigenvalue weighted by atomic mass is 9.76. The van der Waals surface area contributed by atoms with Crippen molar-refractivity contribution in [1.29, 1.82) is 0 Å². The van der Waals surface area contributed by atoms with Gasteiger partial charge in [-0.25, -0.2) is 9.59 Å². The van der Waals surface area contributed by atoms with Crippen LogP contribution in [-0.2, 0) is 21.7 Å². The molecule has 47 heavy (non-hydrogen) atoms. The number of anilines is 2. The first-order chi connectivity index (χ1) is 21.8. The van der Waals surface area contributed by atoms with Crippen molar-refractivity contribution in [2.24, 2.45) is 0 Å². The third-order valence-corrected chi connectivity index (χ3v) is 10.6. The van der Waals surface area contributed by atoms with Crippen LogP contribution in [-0.4, -0.2) is 12.2 Å². The van der Waals surface area contributed by atoms with Crippen LogP contribution in [0.2, 0.25) is 0 Å². The molecule has 6 nitrogen and oxygen atoms in total. The topological polar surface area (TPSA) is 76.7 Å². The van der Waals surface area contributed by atoms with E-state index in [1.165, 1.54) is 11.1 Å².